The van der Waals surface area contributed by atoms with Crippen LogP contribution in [0, 0.1) is 0 Å². The lowest BCUT2D eigenvalue weighted by Gasteiger charge is -2.47. The van der Waals surface area contributed by atoms with Gasteiger partial charge in [0.15, 0.2) is 5.69 Å². The van der Waals surface area contributed by atoms with Gasteiger partial charge in [-0.3, -0.25) is 9.69 Å². The molecule has 0 aromatic carbocycles. The maximum atomic E-state index is 12.6. The van der Waals surface area contributed by atoms with Crippen LogP contribution in [0.5, 0.6) is 0 Å². The third-order valence-electron chi connectivity index (χ3n) is 5.36. The molecular formula is C16H24N4O2. The Hall–Kier alpha value is -1.40. The molecule has 1 aromatic heterocycles. The number of hydrogen-bond donors (Lipinski definition) is 0. The SMILES string of the molecule is CN1CCN(C2CN(C(=O)c3noc4c3CCCC4)C2)CC1. The minimum atomic E-state index is 0.0669. The highest BCUT2D eigenvalue weighted by atomic mass is 16.5. The number of nitrogens with zero attached hydrogens (tertiary/aromatic N) is 4. The van der Waals surface area contributed by atoms with Crippen LogP contribution in [-0.4, -0.2) is 78.1 Å². The van der Waals surface area contributed by atoms with Crippen molar-refractivity contribution in [3.05, 3.63) is 17.0 Å². The van der Waals surface area contributed by atoms with Gasteiger partial charge in [-0.05, 0) is 26.3 Å². The zero-order valence-electron chi connectivity index (χ0n) is 13.3. The van der Waals surface area contributed by atoms with Gasteiger partial charge in [-0.1, -0.05) is 5.16 Å². The second-order valence-electron chi connectivity index (χ2n) is 6.84. The van der Waals surface area contributed by atoms with E-state index in [1.165, 1.54) is 0 Å². The molecule has 0 atom stereocenters. The Morgan fingerprint density at radius 2 is 1.86 bits per heavy atom. The van der Waals surface area contributed by atoms with Crippen molar-refractivity contribution in [3.63, 3.8) is 0 Å². The fourth-order valence-corrected chi connectivity index (χ4v) is 3.74. The van der Waals surface area contributed by atoms with Crippen molar-refractivity contribution in [2.45, 2.75) is 31.7 Å². The Labute approximate surface area is 131 Å². The summed E-state index contributed by atoms with van der Waals surface area (Å²) in [4.78, 5) is 19.4. The second kappa shape index (κ2) is 5.66. The monoisotopic (exact) mass is 304 g/mol. The highest BCUT2D eigenvalue weighted by Crippen LogP contribution is 2.27. The van der Waals surface area contributed by atoms with Crippen molar-refractivity contribution in [2.75, 3.05) is 46.3 Å². The standard InChI is InChI=1S/C16H24N4O2/c1-18-6-8-19(9-7-18)12-10-20(11-12)16(21)15-13-4-2-3-5-14(13)22-17-15/h12H,2-11H2,1H3. The summed E-state index contributed by atoms with van der Waals surface area (Å²) in [7, 11) is 2.17. The molecule has 2 saturated heterocycles. The largest absolute Gasteiger partial charge is 0.360 e. The van der Waals surface area contributed by atoms with Crippen molar-refractivity contribution in [3.8, 4) is 0 Å². The smallest absolute Gasteiger partial charge is 0.276 e. The molecule has 0 bridgehead atoms. The van der Waals surface area contributed by atoms with Gasteiger partial charge < -0.3 is 14.3 Å². The maximum Gasteiger partial charge on any atom is 0.276 e. The molecule has 1 aromatic rings. The van der Waals surface area contributed by atoms with Crippen LogP contribution in [0.1, 0.15) is 34.7 Å². The van der Waals surface area contributed by atoms with Crippen LogP contribution >= 0.6 is 0 Å². The molecule has 4 rings (SSSR count). The second-order valence-corrected chi connectivity index (χ2v) is 6.84. The van der Waals surface area contributed by atoms with Gasteiger partial charge in [-0.15, -0.1) is 0 Å². The number of likely N-dealkylation sites (N-methyl/N-ethyl adjacent to an activating group) is 1. The van der Waals surface area contributed by atoms with Gasteiger partial charge in [0, 0.05) is 57.3 Å². The van der Waals surface area contributed by atoms with E-state index < -0.39 is 0 Å². The zero-order chi connectivity index (χ0) is 15.1. The predicted molar refractivity (Wildman–Crippen MR) is 81.9 cm³/mol. The number of amides is 1. The Kier molecular flexibility index (Phi) is 3.66. The molecule has 22 heavy (non-hydrogen) atoms. The van der Waals surface area contributed by atoms with Crippen LogP contribution in [0.2, 0.25) is 0 Å². The van der Waals surface area contributed by atoms with Crippen molar-refractivity contribution in [1.29, 1.82) is 0 Å². The van der Waals surface area contributed by atoms with Crippen molar-refractivity contribution in [2.24, 2.45) is 0 Å². The lowest BCUT2D eigenvalue weighted by atomic mass is 9.95. The van der Waals surface area contributed by atoms with Gasteiger partial charge in [0.1, 0.15) is 5.76 Å². The van der Waals surface area contributed by atoms with Crippen molar-refractivity contribution < 1.29 is 9.32 Å². The zero-order valence-corrected chi connectivity index (χ0v) is 13.3. The normalized spacial score (nSPS) is 24.1. The average molecular weight is 304 g/mol. The summed E-state index contributed by atoms with van der Waals surface area (Å²) in [6, 6.07) is 0.528. The first-order valence-corrected chi connectivity index (χ1v) is 8.41. The Morgan fingerprint density at radius 1 is 1.14 bits per heavy atom. The summed E-state index contributed by atoms with van der Waals surface area (Å²) in [5.74, 6) is 1.00. The molecule has 120 valence electrons. The number of piperazine rings is 1. The minimum absolute atomic E-state index is 0.0669. The Bertz CT molecular complexity index is 556. The van der Waals surface area contributed by atoms with Crippen LogP contribution in [0.15, 0.2) is 4.52 Å². The van der Waals surface area contributed by atoms with Crippen LogP contribution in [-0.2, 0) is 12.8 Å². The van der Waals surface area contributed by atoms with Crippen LogP contribution in [0.25, 0.3) is 0 Å². The fraction of sp³-hybridized carbons (Fsp3) is 0.750. The van der Waals surface area contributed by atoms with Crippen molar-refractivity contribution in [1.82, 2.24) is 19.9 Å². The van der Waals surface area contributed by atoms with Crippen LogP contribution in [0.3, 0.4) is 0 Å². The Balaban J connectivity index is 1.36. The molecule has 6 heteroatoms. The number of fused-ring (bicyclic) bond motifs is 1. The number of hydrogen-bond acceptors (Lipinski definition) is 5. The van der Waals surface area contributed by atoms with E-state index in [4.69, 9.17) is 4.52 Å². The summed E-state index contributed by atoms with van der Waals surface area (Å²) in [5.41, 5.74) is 1.64. The van der Waals surface area contributed by atoms with Gasteiger partial charge in [-0.2, -0.15) is 0 Å². The number of rotatable bonds is 2. The maximum absolute atomic E-state index is 12.6. The fourth-order valence-electron chi connectivity index (χ4n) is 3.74. The lowest BCUT2D eigenvalue weighted by molar-refractivity contribution is 0.0104. The number of carbonyl (C=O) groups excluding carboxylic acids is 1. The third kappa shape index (κ3) is 2.44. The summed E-state index contributed by atoms with van der Waals surface area (Å²) in [5, 5.41) is 4.06. The van der Waals surface area contributed by atoms with E-state index in [0.29, 0.717) is 11.7 Å². The molecule has 2 aliphatic heterocycles. The first-order valence-electron chi connectivity index (χ1n) is 8.41. The molecule has 3 heterocycles. The first-order chi connectivity index (χ1) is 10.7. The van der Waals surface area contributed by atoms with Gasteiger partial charge in [0.2, 0.25) is 0 Å². The van der Waals surface area contributed by atoms with E-state index in [1.807, 2.05) is 4.90 Å². The summed E-state index contributed by atoms with van der Waals surface area (Å²) in [6.45, 7) is 6.15. The third-order valence-corrected chi connectivity index (χ3v) is 5.36. The predicted octanol–water partition coefficient (Wildman–Crippen LogP) is 0.625. The summed E-state index contributed by atoms with van der Waals surface area (Å²) in [6.07, 6.45) is 4.15. The number of aryl methyl sites for hydroxylation is 1. The summed E-state index contributed by atoms with van der Waals surface area (Å²) < 4.78 is 5.37. The molecule has 0 spiro atoms. The molecule has 0 N–H and O–H groups in total. The number of carbonyl (C=O) groups is 1. The number of aromatic nitrogens is 1. The highest BCUT2D eigenvalue weighted by Gasteiger charge is 2.38. The van der Waals surface area contributed by atoms with Gasteiger partial charge in [0.25, 0.3) is 5.91 Å². The summed E-state index contributed by atoms with van der Waals surface area (Å²) >= 11 is 0. The number of likely N-dealkylation sites (tertiary alicyclic amines) is 1. The van der Waals surface area contributed by atoms with E-state index in [0.717, 1.165) is 76.3 Å². The van der Waals surface area contributed by atoms with Gasteiger partial charge in [0.05, 0.1) is 0 Å². The highest BCUT2D eigenvalue weighted by molar-refractivity contribution is 5.94. The minimum Gasteiger partial charge on any atom is -0.360 e. The first kappa shape index (κ1) is 14.2. The quantitative estimate of drug-likeness (QED) is 0.802. The van der Waals surface area contributed by atoms with Crippen LogP contribution < -0.4 is 0 Å². The van der Waals surface area contributed by atoms with Gasteiger partial charge in [-0.25, -0.2) is 0 Å². The van der Waals surface area contributed by atoms with Crippen molar-refractivity contribution >= 4 is 5.91 Å². The van der Waals surface area contributed by atoms with E-state index in [1.54, 1.807) is 0 Å². The molecule has 1 amide bonds. The topological polar surface area (TPSA) is 52.8 Å². The molecule has 1 aliphatic carbocycles. The van der Waals surface area contributed by atoms with E-state index in [9.17, 15) is 4.79 Å². The van der Waals surface area contributed by atoms with E-state index in [2.05, 4.69) is 22.0 Å². The lowest BCUT2D eigenvalue weighted by Crippen LogP contribution is -2.64. The molecule has 0 unspecified atom stereocenters. The molecule has 3 aliphatic rings. The molecule has 6 nitrogen and oxygen atoms in total. The van der Waals surface area contributed by atoms with Crippen LogP contribution in [0.4, 0.5) is 0 Å². The molecule has 0 radical (unpaired) electrons. The van der Waals surface area contributed by atoms with Gasteiger partial charge >= 0.3 is 0 Å². The molecule has 0 saturated carbocycles. The average Bonchev–Trinajstić information content (AvgIpc) is 2.91. The Morgan fingerprint density at radius 3 is 2.64 bits per heavy atom. The molecule has 2 fully saturated rings. The van der Waals surface area contributed by atoms with E-state index >= 15 is 0 Å². The molecular weight excluding hydrogens is 280 g/mol. The van der Waals surface area contributed by atoms with E-state index in [-0.39, 0.29) is 5.91 Å².